The van der Waals surface area contributed by atoms with Crippen LogP contribution >= 0.6 is 0 Å². The van der Waals surface area contributed by atoms with Gasteiger partial charge in [-0.25, -0.2) is 0 Å². The van der Waals surface area contributed by atoms with E-state index < -0.39 is 0 Å². The number of benzene rings is 1. The van der Waals surface area contributed by atoms with Crippen molar-refractivity contribution in [2.75, 3.05) is 19.8 Å². The van der Waals surface area contributed by atoms with Crippen LogP contribution in [0.3, 0.4) is 0 Å². The van der Waals surface area contributed by atoms with Gasteiger partial charge in [0.2, 0.25) is 0 Å². The first kappa shape index (κ1) is 10.5. The zero-order valence-electron chi connectivity index (χ0n) is 8.69. The number of ether oxygens (including phenoxy) is 2. The first-order valence-corrected chi connectivity index (χ1v) is 5.32. The molecule has 1 aromatic carbocycles. The monoisotopic (exact) mass is 208 g/mol. The van der Waals surface area contributed by atoms with Crippen LogP contribution in [0.1, 0.15) is 12.0 Å². The van der Waals surface area contributed by atoms with Crippen LogP contribution in [0.15, 0.2) is 24.3 Å². The summed E-state index contributed by atoms with van der Waals surface area (Å²) in [6.45, 7) is 1.72. The van der Waals surface area contributed by atoms with Crippen LogP contribution < -0.4 is 4.74 Å². The Kier molecular flexibility index (Phi) is 3.59. The molecule has 0 spiro atoms. The van der Waals surface area contributed by atoms with E-state index in [1.165, 1.54) is 5.56 Å². The maximum absolute atomic E-state index is 8.70. The summed E-state index contributed by atoms with van der Waals surface area (Å²) in [5.41, 5.74) is 1.24. The van der Waals surface area contributed by atoms with Gasteiger partial charge in [-0.3, -0.25) is 0 Å². The second kappa shape index (κ2) is 5.14. The Labute approximate surface area is 89.6 Å². The maximum atomic E-state index is 8.70. The number of epoxide rings is 1. The lowest BCUT2D eigenvalue weighted by Crippen LogP contribution is -2.03. The molecule has 1 heterocycles. The largest absolute Gasteiger partial charge is 0.491 e. The van der Waals surface area contributed by atoms with Crippen LogP contribution in [0.25, 0.3) is 0 Å². The number of aliphatic hydroxyl groups excluding tert-OH is 1. The Hall–Kier alpha value is -1.06. The van der Waals surface area contributed by atoms with Crippen LogP contribution in [-0.2, 0) is 11.2 Å². The summed E-state index contributed by atoms with van der Waals surface area (Å²) in [5, 5.41) is 8.70. The summed E-state index contributed by atoms with van der Waals surface area (Å²) in [6.07, 6.45) is 2.04. The van der Waals surface area contributed by atoms with Crippen LogP contribution in [0.4, 0.5) is 0 Å². The van der Waals surface area contributed by atoms with E-state index in [4.69, 9.17) is 14.6 Å². The van der Waals surface area contributed by atoms with Crippen LogP contribution in [0.2, 0.25) is 0 Å². The molecule has 3 heteroatoms. The minimum atomic E-state index is 0.247. The van der Waals surface area contributed by atoms with Gasteiger partial charge in [0, 0.05) is 6.61 Å². The molecule has 0 aromatic heterocycles. The fourth-order valence-corrected chi connectivity index (χ4v) is 1.39. The topological polar surface area (TPSA) is 42.0 Å². The molecule has 1 N–H and O–H groups in total. The number of aliphatic hydroxyl groups is 1. The maximum Gasteiger partial charge on any atom is 0.119 e. The SMILES string of the molecule is OCCCc1ccc(OCC2CO2)cc1. The highest BCUT2D eigenvalue weighted by Gasteiger charge is 2.22. The molecule has 15 heavy (non-hydrogen) atoms. The first-order valence-electron chi connectivity index (χ1n) is 5.32. The quantitative estimate of drug-likeness (QED) is 0.718. The summed E-state index contributed by atoms with van der Waals surface area (Å²) < 4.78 is 10.6. The summed E-state index contributed by atoms with van der Waals surface area (Å²) in [6, 6.07) is 8.02. The van der Waals surface area contributed by atoms with Crippen molar-refractivity contribution in [1.82, 2.24) is 0 Å². The Balaban J connectivity index is 1.79. The van der Waals surface area contributed by atoms with Gasteiger partial charge in [-0.15, -0.1) is 0 Å². The van der Waals surface area contributed by atoms with Crippen LogP contribution in [-0.4, -0.2) is 31.0 Å². The fraction of sp³-hybridized carbons (Fsp3) is 0.500. The molecule has 1 unspecified atom stereocenters. The number of rotatable bonds is 6. The van der Waals surface area contributed by atoms with Crippen molar-refractivity contribution in [3.8, 4) is 5.75 Å². The highest BCUT2D eigenvalue weighted by atomic mass is 16.6. The Morgan fingerprint density at radius 3 is 2.67 bits per heavy atom. The van der Waals surface area contributed by atoms with E-state index in [2.05, 4.69) is 0 Å². The molecule has 82 valence electrons. The molecule has 1 atom stereocenters. The summed E-state index contributed by atoms with van der Waals surface area (Å²) in [4.78, 5) is 0. The summed E-state index contributed by atoms with van der Waals surface area (Å²) in [7, 11) is 0. The molecule has 1 aliphatic rings. The van der Waals surface area contributed by atoms with Crippen molar-refractivity contribution in [1.29, 1.82) is 0 Å². The summed E-state index contributed by atoms with van der Waals surface area (Å²) in [5.74, 6) is 0.887. The number of aryl methyl sites for hydroxylation is 1. The van der Waals surface area contributed by atoms with Gasteiger partial charge in [0.15, 0.2) is 0 Å². The van der Waals surface area contributed by atoms with Gasteiger partial charge in [0.25, 0.3) is 0 Å². The lowest BCUT2D eigenvalue weighted by molar-refractivity contribution is 0.263. The fourth-order valence-electron chi connectivity index (χ4n) is 1.39. The lowest BCUT2D eigenvalue weighted by Gasteiger charge is -2.05. The van der Waals surface area contributed by atoms with Crippen LogP contribution in [0, 0.1) is 0 Å². The van der Waals surface area contributed by atoms with E-state index in [1.54, 1.807) is 0 Å². The molecule has 0 amide bonds. The zero-order chi connectivity index (χ0) is 10.5. The second-order valence-corrected chi connectivity index (χ2v) is 3.74. The molecule has 0 saturated carbocycles. The van der Waals surface area contributed by atoms with E-state index >= 15 is 0 Å². The van der Waals surface area contributed by atoms with E-state index in [1.807, 2.05) is 24.3 Å². The molecule has 3 nitrogen and oxygen atoms in total. The van der Waals surface area contributed by atoms with Crippen molar-refractivity contribution < 1.29 is 14.6 Å². The third kappa shape index (κ3) is 3.53. The van der Waals surface area contributed by atoms with E-state index in [9.17, 15) is 0 Å². The molecular weight excluding hydrogens is 192 g/mol. The Morgan fingerprint density at radius 2 is 2.07 bits per heavy atom. The highest BCUT2D eigenvalue weighted by molar-refractivity contribution is 5.27. The van der Waals surface area contributed by atoms with Gasteiger partial charge in [0.05, 0.1) is 6.61 Å². The van der Waals surface area contributed by atoms with Gasteiger partial charge in [-0.05, 0) is 30.5 Å². The smallest absolute Gasteiger partial charge is 0.119 e. The standard InChI is InChI=1S/C12H16O3/c13-7-1-2-10-3-5-11(6-4-10)14-8-12-9-15-12/h3-6,12-13H,1-2,7-9H2. The lowest BCUT2D eigenvalue weighted by atomic mass is 10.1. The van der Waals surface area contributed by atoms with E-state index in [0.717, 1.165) is 25.2 Å². The minimum Gasteiger partial charge on any atom is -0.491 e. The van der Waals surface area contributed by atoms with Crippen molar-refractivity contribution >= 4 is 0 Å². The van der Waals surface area contributed by atoms with Crippen molar-refractivity contribution in [3.05, 3.63) is 29.8 Å². The van der Waals surface area contributed by atoms with Gasteiger partial charge < -0.3 is 14.6 Å². The van der Waals surface area contributed by atoms with Gasteiger partial charge in [-0.2, -0.15) is 0 Å². The zero-order valence-corrected chi connectivity index (χ0v) is 8.69. The normalized spacial score (nSPS) is 18.9. The third-order valence-electron chi connectivity index (χ3n) is 2.39. The second-order valence-electron chi connectivity index (χ2n) is 3.74. The number of hydrogen-bond acceptors (Lipinski definition) is 3. The molecule has 2 rings (SSSR count). The van der Waals surface area contributed by atoms with E-state index in [-0.39, 0.29) is 6.61 Å². The third-order valence-corrected chi connectivity index (χ3v) is 2.39. The molecule has 0 aliphatic carbocycles. The Morgan fingerprint density at radius 1 is 1.33 bits per heavy atom. The summed E-state index contributed by atoms with van der Waals surface area (Å²) >= 11 is 0. The minimum absolute atomic E-state index is 0.247. The van der Waals surface area contributed by atoms with E-state index in [0.29, 0.717) is 12.7 Å². The average molecular weight is 208 g/mol. The predicted molar refractivity (Wildman–Crippen MR) is 57.1 cm³/mol. The number of hydrogen-bond donors (Lipinski definition) is 1. The van der Waals surface area contributed by atoms with Crippen molar-refractivity contribution in [2.24, 2.45) is 0 Å². The van der Waals surface area contributed by atoms with Crippen molar-refractivity contribution in [2.45, 2.75) is 18.9 Å². The average Bonchev–Trinajstić information content (AvgIpc) is 3.09. The Bertz CT molecular complexity index is 290. The molecule has 1 saturated heterocycles. The molecule has 1 aliphatic heterocycles. The predicted octanol–water partition coefficient (Wildman–Crippen LogP) is 1.39. The molecular formula is C12H16O3. The molecule has 1 aromatic rings. The molecule has 1 fully saturated rings. The van der Waals surface area contributed by atoms with Crippen molar-refractivity contribution in [3.63, 3.8) is 0 Å². The van der Waals surface area contributed by atoms with Crippen LogP contribution in [0.5, 0.6) is 5.75 Å². The van der Waals surface area contributed by atoms with Gasteiger partial charge in [0.1, 0.15) is 18.5 Å². The first-order chi connectivity index (χ1) is 7.38. The van der Waals surface area contributed by atoms with Gasteiger partial charge in [-0.1, -0.05) is 12.1 Å². The molecule has 0 bridgehead atoms. The van der Waals surface area contributed by atoms with Gasteiger partial charge >= 0.3 is 0 Å². The highest BCUT2D eigenvalue weighted by Crippen LogP contribution is 2.16. The molecule has 0 radical (unpaired) electrons.